The van der Waals surface area contributed by atoms with E-state index in [9.17, 15) is 28.8 Å². The first-order chi connectivity index (χ1) is 14.8. The van der Waals surface area contributed by atoms with E-state index in [2.05, 4.69) is 60.3 Å². The van der Waals surface area contributed by atoms with Gasteiger partial charge < -0.3 is 60.3 Å². The van der Waals surface area contributed by atoms with Gasteiger partial charge in [-0.15, -0.1) is 0 Å². The third kappa shape index (κ3) is 16.3. The van der Waals surface area contributed by atoms with E-state index in [1.165, 1.54) is 14.1 Å². The Morgan fingerprint density at radius 3 is 0.903 bits per heavy atom. The Hall–Kier alpha value is -4.38. The standard InChI is InChI=1S/C13H22N6O12/c1-14-8(20)26-5-28-10(22)16-3-18-12(24)30-7-31-13(25)19-4-17-11(23)29-6-27-9(21)15-2/h3-7H2,1-2H3,(H,14,20)(H,15,21)(H,16,22)(H,17,23)(H,18,24)(H,19,25). The predicted molar refractivity (Wildman–Crippen MR) is 93.9 cm³/mol. The van der Waals surface area contributed by atoms with Gasteiger partial charge in [-0.3, -0.25) is 0 Å². The lowest BCUT2D eigenvalue weighted by Crippen LogP contribution is -2.40. The molecule has 0 saturated carbocycles. The third-order valence-corrected chi connectivity index (χ3v) is 2.48. The molecule has 0 saturated heterocycles. The predicted octanol–water partition coefficient (Wildman–Crippen LogP) is -1.61. The van der Waals surface area contributed by atoms with Crippen LogP contribution in [0.3, 0.4) is 0 Å². The van der Waals surface area contributed by atoms with Crippen molar-refractivity contribution in [3.8, 4) is 0 Å². The van der Waals surface area contributed by atoms with Gasteiger partial charge >= 0.3 is 36.6 Å². The molecule has 0 aliphatic heterocycles. The Kier molecular flexibility index (Phi) is 14.2. The van der Waals surface area contributed by atoms with Gasteiger partial charge in [0.15, 0.2) is 0 Å². The maximum absolute atomic E-state index is 11.3. The fourth-order valence-corrected chi connectivity index (χ4v) is 1.14. The van der Waals surface area contributed by atoms with Crippen LogP contribution in [-0.4, -0.2) is 84.4 Å². The Morgan fingerprint density at radius 1 is 0.452 bits per heavy atom. The molecular weight excluding hydrogens is 432 g/mol. The molecule has 0 aliphatic carbocycles. The van der Waals surface area contributed by atoms with E-state index in [1.54, 1.807) is 0 Å². The van der Waals surface area contributed by atoms with Gasteiger partial charge in [0, 0.05) is 14.1 Å². The van der Waals surface area contributed by atoms with Crippen LogP contribution in [0, 0.1) is 0 Å². The SMILES string of the molecule is CNC(=O)OCOC(=O)NCNC(=O)OCOC(=O)NCNC(=O)OCOC(=O)NC. The molecule has 0 unspecified atom stereocenters. The molecule has 6 N–H and O–H groups in total. The smallest absolute Gasteiger partial charge is 0.411 e. The molecule has 31 heavy (non-hydrogen) atoms. The van der Waals surface area contributed by atoms with Crippen molar-refractivity contribution < 1.29 is 57.2 Å². The normalized spacial score (nSPS) is 9.10. The monoisotopic (exact) mass is 454 g/mol. The molecule has 0 aromatic rings. The summed E-state index contributed by atoms with van der Waals surface area (Å²) in [4.78, 5) is 66.3. The minimum atomic E-state index is -1.05. The summed E-state index contributed by atoms with van der Waals surface area (Å²) < 4.78 is 26.6. The van der Waals surface area contributed by atoms with Gasteiger partial charge in [-0.2, -0.15) is 0 Å². The summed E-state index contributed by atoms with van der Waals surface area (Å²) in [6.07, 6.45) is -5.69. The highest BCUT2D eigenvalue weighted by atomic mass is 16.7. The molecule has 0 aromatic heterocycles. The Labute approximate surface area is 174 Å². The highest BCUT2D eigenvalue weighted by Crippen LogP contribution is 1.84. The van der Waals surface area contributed by atoms with E-state index >= 15 is 0 Å². The molecule has 18 nitrogen and oxygen atoms in total. The molecule has 18 heteroatoms. The summed E-state index contributed by atoms with van der Waals surface area (Å²) in [6, 6.07) is 0. The van der Waals surface area contributed by atoms with Gasteiger partial charge in [-0.1, -0.05) is 0 Å². The average Bonchev–Trinajstić information content (AvgIpc) is 2.73. The Balaban J connectivity index is 3.66. The number of carbonyl (C=O) groups excluding carboxylic acids is 6. The van der Waals surface area contributed by atoms with Crippen LogP contribution in [0.2, 0.25) is 0 Å². The molecule has 0 spiro atoms. The fourth-order valence-electron chi connectivity index (χ4n) is 1.14. The van der Waals surface area contributed by atoms with E-state index in [-0.39, 0.29) is 0 Å². The van der Waals surface area contributed by atoms with Crippen molar-refractivity contribution in [1.29, 1.82) is 0 Å². The van der Waals surface area contributed by atoms with Crippen molar-refractivity contribution in [3.63, 3.8) is 0 Å². The third-order valence-electron chi connectivity index (χ3n) is 2.48. The van der Waals surface area contributed by atoms with Crippen LogP contribution in [0.5, 0.6) is 0 Å². The van der Waals surface area contributed by atoms with Crippen molar-refractivity contribution in [2.24, 2.45) is 0 Å². The van der Waals surface area contributed by atoms with E-state index in [0.717, 1.165) is 0 Å². The average molecular weight is 454 g/mol. The number of nitrogens with one attached hydrogen (secondary N) is 6. The van der Waals surface area contributed by atoms with Crippen LogP contribution in [0.15, 0.2) is 0 Å². The van der Waals surface area contributed by atoms with Gasteiger partial charge in [0.25, 0.3) is 0 Å². The quantitative estimate of drug-likeness (QED) is 0.162. The number of alkyl carbamates (subject to hydrolysis) is 6. The largest absolute Gasteiger partial charge is 0.412 e. The van der Waals surface area contributed by atoms with E-state index in [1.807, 2.05) is 0 Å². The van der Waals surface area contributed by atoms with Crippen molar-refractivity contribution in [2.45, 2.75) is 0 Å². The number of ether oxygens (including phenoxy) is 6. The van der Waals surface area contributed by atoms with Crippen molar-refractivity contribution in [3.05, 3.63) is 0 Å². The van der Waals surface area contributed by atoms with Crippen LogP contribution in [0.1, 0.15) is 0 Å². The first-order valence-corrected chi connectivity index (χ1v) is 8.10. The van der Waals surface area contributed by atoms with E-state index < -0.39 is 70.3 Å². The van der Waals surface area contributed by atoms with Crippen LogP contribution >= 0.6 is 0 Å². The van der Waals surface area contributed by atoms with Crippen molar-refractivity contribution in [1.82, 2.24) is 31.9 Å². The molecule has 0 bridgehead atoms. The van der Waals surface area contributed by atoms with Gasteiger partial charge in [0.05, 0.1) is 13.3 Å². The van der Waals surface area contributed by atoms with Gasteiger partial charge in [-0.25, -0.2) is 28.8 Å². The fraction of sp³-hybridized carbons (Fsp3) is 0.538. The molecule has 176 valence electrons. The summed E-state index contributed by atoms with van der Waals surface area (Å²) in [7, 11) is 2.63. The minimum absolute atomic E-state index is 0.403. The topological polar surface area (TPSA) is 230 Å². The molecule has 6 amide bonds. The van der Waals surface area contributed by atoms with E-state index in [4.69, 9.17) is 0 Å². The molecular formula is C13H22N6O12. The number of carbonyl (C=O) groups is 6. The van der Waals surface area contributed by atoms with Gasteiger partial charge in [0.2, 0.25) is 20.4 Å². The summed E-state index contributed by atoms with van der Waals surface area (Å²) >= 11 is 0. The minimum Gasteiger partial charge on any atom is -0.412 e. The number of rotatable bonds is 10. The molecule has 0 atom stereocenters. The Morgan fingerprint density at radius 2 is 0.677 bits per heavy atom. The number of hydrogen-bond donors (Lipinski definition) is 6. The maximum Gasteiger partial charge on any atom is 0.411 e. The van der Waals surface area contributed by atoms with Crippen LogP contribution in [-0.2, 0) is 28.4 Å². The van der Waals surface area contributed by atoms with Crippen LogP contribution < -0.4 is 31.9 Å². The maximum atomic E-state index is 11.3. The number of amides is 6. The first kappa shape index (κ1) is 26.6. The van der Waals surface area contributed by atoms with Crippen LogP contribution in [0.4, 0.5) is 28.8 Å². The molecule has 0 rings (SSSR count). The second-order valence-corrected chi connectivity index (χ2v) is 4.50. The number of hydrogen-bond acceptors (Lipinski definition) is 12. The molecule has 0 fully saturated rings. The van der Waals surface area contributed by atoms with Gasteiger partial charge in [-0.05, 0) is 0 Å². The first-order valence-electron chi connectivity index (χ1n) is 8.10. The highest BCUT2D eigenvalue weighted by Gasteiger charge is 2.08. The molecule has 0 radical (unpaired) electrons. The highest BCUT2D eigenvalue weighted by molar-refractivity contribution is 5.71. The van der Waals surface area contributed by atoms with Gasteiger partial charge in [0.1, 0.15) is 0 Å². The Bertz CT molecular complexity index is 578. The zero-order valence-corrected chi connectivity index (χ0v) is 16.4. The summed E-state index contributed by atoms with van der Waals surface area (Å²) in [5, 5.41) is 12.5. The van der Waals surface area contributed by atoms with Crippen LogP contribution in [0.25, 0.3) is 0 Å². The second kappa shape index (κ2) is 16.6. The lowest BCUT2D eigenvalue weighted by molar-refractivity contribution is 0.0219. The molecule has 0 aliphatic rings. The zero-order valence-electron chi connectivity index (χ0n) is 16.4. The second-order valence-electron chi connectivity index (χ2n) is 4.50. The summed E-state index contributed by atoms with van der Waals surface area (Å²) in [5.74, 6) is 0. The molecule has 0 aromatic carbocycles. The summed E-state index contributed by atoms with van der Waals surface area (Å²) in [5.41, 5.74) is 0. The lowest BCUT2D eigenvalue weighted by atomic mass is 10.9. The zero-order chi connectivity index (χ0) is 23.5. The molecule has 0 heterocycles. The van der Waals surface area contributed by atoms with Crippen molar-refractivity contribution >= 4 is 36.6 Å². The van der Waals surface area contributed by atoms with Crippen molar-refractivity contribution in [2.75, 3.05) is 47.8 Å². The lowest BCUT2D eigenvalue weighted by Gasteiger charge is -2.10. The van der Waals surface area contributed by atoms with E-state index in [0.29, 0.717) is 0 Å². The summed E-state index contributed by atoms with van der Waals surface area (Å²) in [6.45, 7) is -2.88.